The SMILES string of the molecule is Cc1ccccc1NC(=O)c1ccnc(-c2ccncc2)c1. The number of nitrogens with zero attached hydrogens (tertiary/aromatic N) is 2. The molecule has 3 rings (SSSR count). The maximum atomic E-state index is 12.4. The van der Waals surface area contributed by atoms with Gasteiger partial charge in [-0.25, -0.2) is 0 Å². The van der Waals surface area contributed by atoms with Gasteiger partial charge in [0, 0.05) is 35.4 Å². The topological polar surface area (TPSA) is 54.9 Å². The zero-order valence-corrected chi connectivity index (χ0v) is 12.2. The van der Waals surface area contributed by atoms with E-state index in [4.69, 9.17) is 0 Å². The summed E-state index contributed by atoms with van der Waals surface area (Å²) in [7, 11) is 0. The average molecular weight is 289 g/mol. The predicted octanol–water partition coefficient (Wildman–Crippen LogP) is 3.70. The molecule has 0 radical (unpaired) electrons. The van der Waals surface area contributed by atoms with Crippen molar-refractivity contribution in [3.8, 4) is 11.3 Å². The van der Waals surface area contributed by atoms with E-state index < -0.39 is 0 Å². The smallest absolute Gasteiger partial charge is 0.255 e. The van der Waals surface area contributed by atoms with Gasteiger partial charge in [0.25, 0.3) is 5.91 Å². The molecule has 1 amide bonds. The molecule has 0 bridgehead atoms. The maximum Gasteiger partial charge on any atom is 0.255 e. The van der Waals surface area contributed by atoms with Crippen molar-refractivity contribution in [2.24, 2.45) is 0 Å². The number of rotatable bonds is 3. The molecule has 0 spiro atoms. The molecular weight excluding hydrogens is 274 g/mol. The van der Waals surface area contributed by atoms with Gasteiger partial charge in [-0.1, -0.05) is 18.2 Å². The Bertz CT molecular complexity index is 800. The first kappa shape index (κ1) is 13.9. The fourth-order valence-corrected chi connectivity index (χ4v) is 2.16. The summed E-state index contributed by atoms with van der Waals surface area (Å²) in [6.07, 6.45) is 5.05. The summed E-state index contributed by atoms with van der Waals surface area (Å²) < 4.78 is 0. The van der Waals surface area contributed by atoms with Gasteiger partial charge in [-0.05, 0) is 42.8 Å². The first-order valence-corrected chi connectivity index (χ1v) is 6.97. The van der Waals surface area contributed by atoms with Crippen molar-refractivity contribution >= 4 is 11.6 Å². The minimum atomic E-state index is -0.146. The second-order valence-electron chi connectivity index (χ2n) is 4.93. The van der Waals surface area contributed by atoms with Gasteiger partial charge in [0.05, 0.1) is 5.69 Å². The highest BCUT2D eigenvalue weighted by Gasteiger charge is 2.09. The Balaban J connectivity index is 1.86. The number of nitrogens with one attached hydrogen (secondary N) is 1. The van der Waals surface area contributed by atoms with E-state index in [9.17, 15) is 4.79 Å². The molecule has 2 heterocycles. The Morgan fingerprint density at radius 2 is 1.77 bits per heavy atom. The lowest BCUT2D eigenvalue weighted by atomic mass is 10.1. The molecule has 22 heavy (non-hydrogen) atoms. The van der Waals surface area contributed by atoms with Gasteiger partial charge in [-0.3, -0.25) is 14.8 Å². The molecular formula is C18H15N3O. The number of carbonyl (C=O) groups excluding carboxylic acids is 1. The third-order valence-corrected chi connectivity index (χ3v) is 3.39. The van der Waals surface area contributed by atoms with E-state index in [1.54, 1.807) is 30.7 Å². The zero-order chi connectivity index (χ0) is 15.4. The summed E-state index contributed by atoms with van der Waals surface area (Å²) in [5.41, 5.74) is 4.10. The number of hydrogen-bond acceptors (Lipinski definition) is 3. The maximum absolute atomic E-state index is 12.4. The summed E-state index contributed by atoms with van der Waals surface area (Å²) in [6.45, 7) is 1.96. The van der Waals surface area contributed by atoms with Crippen LogP contribution in [0.1, 0.15) is 15.9 Å². The lowest BCUT2D eigenvalue weighted by molar-refractivity contribution is 0.102. The Morgan fingerprint density at radius 3 is 2.55 bits per heavy atom. The third-order valence-electron chi connectivity index (χ3n) is 3.39. The van der Waals surface area contributed by atoms with Crippen LogP contribution in [0.3, 0.4) is 0 Å². The second-order valence-corrected chi connectivity index (χ2v) is 4.93. The van der Waals surface area contributed by atoms with Crippen LogP contribution in [0.4, 0.5) is 5.69 Å². The summed E-state index contributed by atoms with van der Waals surface area (Å²) in [5.74, 6) is -0.146. The Kier molecular flexibility index (Phi) is 3.92. The quantitative estimate of drug-likeness (QED) is 0.799. The Hall–Kier alpha value is -3.01. The van der Waals surface area contributed by atoms with E-state index in [2.05, 4.69) is 15.3 Å². The van der Waals surface area contributed by atoms with Gasteiger partial charge < -0.3 is 5.32 Å². The van der Waals surface area contributed by atoms with Crippen molar-refractivity contribution in [3.05, 3.63) is 78.2 Å². The standard InChI is InChI=1S/C18H15N3O/c1-13-4-2-3-5-16(13)21-18(22)15-8-11-20-17(12-15)14-6-9-19-10-7-14/h2-12H,1H3,(H,21,22). The van der Waals surface area contributed by atoms with E-state index in [0.717, 1.165) is 22.5 Å². The molecule has 0 saturated heterocycles. The number of pyridine rings is 2. The van der Waals surface area contributed by atoms with Crippen LogP contribution in [-0.4, -0.2) is 15.9 Å². The second kappa shape index (κ2) is 6.18. The molecule has 4 heteroatoms. The fraction of sp³-hybridized carbons (Fsp3) is 0.0556. The van der Waals surface area contributed by atoms with Crippen LogP contribution in [0, 0.1) is 6.92 Å². The van der Waals surface area contributed by atoms with Crippen molar-refractivity contribution in [2.75, 3.05) is 5.32 Å². The highest BCUT2D eigenvalue weighted by atomic mass is 16.1. The van der Waals surface area contributed by atoms with E-state index >= 15 is 0 Å². The van der Waals surface area contributed by atoms with Crippen LogP contribution in [0.15, 0.2) is 67.1 Å². The molecule has 108 valence electrons. The molecule has 0 aliphatic carbocycles. The average Bonchev–Trinajstić information content (AvgIpc) is 2.58. The van der Waals surface area contributed by atoms with Crippen LogP contribution in [0.2, 0.25) is 0 Å². The van der Waals surface area contributed by atoms with Gasteiger partial charge in [0.2, 0.25) is 0 Å². The van der Waals surface area contributed by atoms with Crippen molar-refractivity contribution in [1.82, 2.24) is 9.97 Å². The molecule has 0 fully saturated rings. The summed E-state index contributed by atoms with van der Waals surface area (Å²) in [6, 6.07) is 14.9. The van der Waals surface area contributed by atoms with E-state index in [-0.39, 0.29) is 5.91 Å². The molecule has 3 aromatic rings. The molecule has 4 nitrogen and oxygen atoms in total. The summed E-state index contributed by atoms with van der Waals surface area (Å²) >= 11 is 0. The first-order chi connectivity index (χ1) is 10.7. The van der Waals surface area contributed by atoms with E-state index in [1.165, 1.54) is 0 Å². The molecule has 0 aliphatic rings. The lowest BCUT2D eigenvalue weighted by Crippen LogP contribution is -2.13. The van der Waals surface area contributed by atoms with Crippen molar-refractivity contribution in [2.45, 2.75) is 6.92 Å². The largest absolute Gasteiger partial charge is 0.322 e. The predicted molar refractivity (Wildman–Crippen MR) is 86.6 cm³/mol. The minimum Gasteiger partial charge on any atom is -0.322 e. The van der Waals surface area contributed by atoms with Crippen LogP contribution in [0.25, 0.3) is 11.3 Å². The van der Waals surface area contributed by atoms with Crippen LogP contribution < -0.4 is 5.32 Å². The highest BCUT2D eigenvalue weighted by Crippen LogP contribution is 2.18. The number of aryl methyl sites for hydroxylation is 1. The number of anilines is 1. The minimum absolute atomic E-state index is 0.146. The van der Waals surface area contributed by atoms with Crippen molar-refractivity contribution < 1.29 is 4.79 Å². The third kappa shape index (κ3) is 3.01. The van der Waals surface area contributed by atoms with Crippen LogP contribution in [-0.2, 0) is 0 Å². The molecule has 0 aliphatic heterocycles. The van der Waals surface area contributed by atoms with Gasteiger partial charge >= 0.3 is 0 Å². The first-order valence-electron chi connectivity index (χ1n) is 6.97. The molecule has 1 N–H and O–H groups in total. The zero-order valence-electron chi connectivity index (χ0n) is 12.2. The van der Waals surface area contributed by atoms with E-state index in [1.807, 2.05) is 43.3 Å². The normalized spacial score (nSPS) is 10.2. The summed E-state index contributed by atoms with van der Waals surface area (Å²) in [5, 5.41) is 2.93. The van der Waals surface area contributed by atoms with Crippen LogP contribution in [0.5, 0.6) is 0 Å². The Morgan fingerprint density at radius 1 is 1.00 bits per heavy atom. The van der Waals surface area contributed by atoms with E-state index in [0.29, 0.717) is 5.56 Å². The number of benzene rings is 1. The van der Waals surface area contributed by atoms with Gasteiger partial charge in [-0.2, -0.15) is 0 Å². The molecule has 2 aromatic heterocycles. The van der Waals surface area contributed by atoms with Crippen molar-refractivity contribution in [1.29, 1.82) is 0 Å². The molecule has 0 saturated carbocycles. The van der Waals surface area contributed by atoms with Crippen LogP contribution >= 0.6 is 0 Å². The Labute approximate surface area is 128 Å². The lowest BCUT2D eigenvalue weighted by Gasteiger charge is -2.09. The number of para-hydroxylation sites is 1. The number of aromatic nitrogens is 2. The number of hydrogen-bond donors (Lipinski definition) is 1. The fourth-order valence-electron chi connectivity index (χ4n) is 2.16. The highest BCUT2D eigenvalue weighted by molar-refractivity contribution is 6.05. The molecule has 1 aromatic carbocycles. The number of carbonyl (C=O) groups is 1. The molecule has 0 unspecified atom stereocenters. The van der Waals surface area contributed by atoms with Gasteiger partial charge in [0.15, 0.2) is 0 Å². The number of amides is 1. The monoisotopic (exact) mass is 289 g/mol. The van der Waals surface area contributed by atoms with Crippen molar-refractivity contribution in [3.63, 3.8) is 0 Å². The van der Waals surface area contributed by atoms with Gasteiger partial charge in [-0.15, -0.1) is 0 Å². The van der Waals surface area contributed by atoms with Gasteiger partial charge in [0.1, 0.15) is 0 Å². The summed E-state index contributed by atoms with van der Waals surface area (Å²) in [4.78, 5) is 20.7. The molecule has 0 atom stereocenters.